The number of amides is 2. The van der Waals surface area contributed by atoms with E-state index in [4.69, 9.17) is 4.74 Å². The molecule has 0 saturated carbocycles. The van der Waals surface area contributed by atoms with Gasteiger partial charge in [-0.2, -0.15) is 0 Å². The summed E-state index contributed by atoms with van der Waals surface area (Å²) in [6, 6.07) is 13.5. The van der Waals surface area contributed by atoms with Crippen molar-refractivity contribution in [2.24, 2.45) is 5.41 Å². The number of aryl methyl sites for hydroxylation is 2. The number of nitrogens with zero attached hydrogens (tertiary/aromatic N) is 1. The fourth-order valence-electron chi connectivity index (χ4n) is 2.95. The molecule has 0 unspecified atom stereocenters. The molecule has 0 radical (unpaired) electrons. The second-order valence-corrected chi connectivity index (χ2v) is 8.19. The van der Waals surface area contributed by atoms with E-state index < -0.39 is 5.41 Å². The standard InChI is InChI=1S/C24H32N2O3/c1-17-11-12-18(2)22(15-17)29-14-8-13-24(4,5)23(28)25-20-9-7-10-21(16-20)26(6)19(3)27/h7,9-12,15-16H,8,13-14H2,1-6H3,(H,25,28). The first kappa shape index (κ1) is 22.5. The molecule has 0 spiro atoms. The van der Waals surface area contributed by atoms with Crippen molar-refractivity contribution in [3.8, 4) is 5.75 Å². The number of rotatable bonds is 8. The van der Waals surface area contributed by atoms with Gasteiger partial charge in [-0.1, -0.05) is 32.0 Å². The number of hydrogen-bond acceptors (Lipinski definition) is 3. The van der Waals surface area contributed by atoms with Crippen molar-refractivity contribution >= 4 is 23.2 Å². The second-order valence-electron chi connectivity index (χ2n) is 8.19. The lowest BCUT2D eigenvalue weighted by Crippen LogP contribution is -2.31. The summed E-state index contributed by atoms with van der Waals surface area (Å²) in [6.45, 7) is 10.0. The first-order valence-corrected chi connectivity index (χ1v) is 9.96. The summed E-state index contributed by atoms with van der Waals surface area (Å²) in [6.07, 6.45) is 1.48. The largest absolute Gasteiger partial charge is 0.493 e. The molecule has 2 amide bonds. The van der Waals surface area contributed by atoms with Gasteiger partial charge in [-0.15, -0.1) is 0 Å². The van der Waals surface area contributed by atoms with Gasteiger partial charge in [0.1, 0.15) is 5.75 Å². The summed E-state index contributed by atoms with van der Waals surface area (Å²) in [5, 5.41) is 2.97. The van der Waals surface area contributed by atoms with Gasteiger partial charge in [0.05, 0.1) is 6.61 Å². The molecule has 0 aliphatic carbocycles. The number of carbonyl (C=O) groups excluding carboxylic acids is 2. The average Bonchev–Trinajstić information content (AvgIpc) is 2.67. The molecule has 0 bridgehead atoms. The van der Waals surface area contributed by atoms with Crippen molar-refractivity contribution in [2.75, 3.05) is 23.9 Å². The Morgan fingerprint density at radius 3 is 2.52 bits per heavy atom. The van der Waals surface area contributed by atoms with Crippen LogP contribution in [0.3, 0.4) is 0 Å². The Hall–Kier alpha value is -2.82. The molecule has 0 aromatic heterocycles. The van der Waals surface area contributed by atoms with Crippen LogP contribution in [0.1, 0.15) is 44.7 Å². The fraction of sp³-hybridized carbons (Fsp3) is 0.417. The lowest BCUT2D eigenvalue weighted by atomic mass is 9.87. The summed E-state index contributed by atoms with van der Waals surface area (Å²) < 4.78 is 5.91. The summed E-state index contributed by atoms with van der Waals surface area (Å²) in [4.78, 5) is 25.9. The van der Waals surface area contributed by atoms with E-state index in [2.05, 4.69) is 17.4 Å². The van der Waals surface area contributed by atoms with E-state index in [1.807, 2.05) is 52.0 Å². The summed E-state index contributed by atoms with van der Waals surface area (Å²) in [5.74, 6) is 0.795. The van der Waals surface area contributed by atoms with E-state index in [-0.39, 0.29) is 11.8 Å². The predicted octanol–water partition coefficient (Wildman–Crippen LogP) is 5.11. The van der Waals surface area contributed by atoms with Crippen molar-refractivity contribution in [1.82, 2.24) is 0 Å². The van der Waals surface area contributed by atoms with E-state index in [0.29, 0.717) is 18.7 Å². The number of hydrogen-bond donors (Lipinski definition) is 1. The van der Waals surface area contributed by atoms with Gasteiger partial charge in [0.15, 0.2) is 0 Å². The zero-order valence-corrected chi connectivity index (χ0v) is 18.3. The number of benzene rings is 2. The zero-order valence-electron chi connectivity index (χ0n) is 18.3. The summed E-state index contributed by atoms with van der Waals surface area (Å²) in [5.41, 5.74) is 3.18. The van der Waals surface area contributed by atoms with Crippen LogP contribution in [0.5, 0.6) is 5.75 Å². The van der Waals surface area contributed by atoms with Crippen LogP contribution in [0.2, 0.25) is 0 Å². The highest BCUT2D eigenvalue weighted by atomic mass is 16.5. The Morgan fingerprint density at radius 2 is 1.83 bits per heavy atom. The first-order chi connectivity index (χ1) is 13.6. The normalized spacial score (nSPS) is 11.1. The Kier molecular flexibility index (Phi) is 7.43. The van der Waals surface area contributed by atoms with Gasteiger partial charge in [-0.05, 0) is 62.1 Å². The minimum atomic E-state index is -0.534. The molecule has 0 saturated heterocycles. The smallest absolute Gasteiger partial charge is 0.230 e. The fourth-order valence-corrected chi connectivity index (χ4v) is 2.95. The van der Waals surface area contributed by atoms with Crippen molar-refractivity contribution in [2.45, 2.75) is 47.5 Å². The van der Waals surface area contributed by atoms with E-state index in [9.17, 15) is 9.59 Å². The highest BCUT2D eigenvalue weighted by Crippen LogP contribution is 2.27. The summed E-state index contributed by atoms with van der Waals surface area (Å²) in [7, 11) is 1.71. The molecule has 2 aromatic carbocycles. The third-order valence-electron chi connectivity index (χ3n) is 5.13. The van der Waals surface area contributed by atoms with Crippen molar-refractivity contribution < 1.29 is 14.3 Å². The molecule has 0 aliphatic heterocycles. The molecular weight excluding hydrogens is 364 g/mol. The topological polar surface area (TPSA) is 58.6 Å². The minimum absolute atomic E-state index is 0.0492. The van der Waals surface area contributed by atoms with Crippen LogP contribution in [0.15, 0.2) is 42.5 Å². The highest BCUT2D eigenvalue weighted by molar-refractivity contribution is 5.96. The maximum absolute atomic E-state index is 12.8. The number of ether oxygens (including phenoxy) is 1. The number of anilines is 2. The van der Waals surface area contributed by atoms with Crippen LogP contribution >= 0.6 is 0 Å². The maximum Gasteiger partial charge on any atom is 0.230 e. The molecule has 5 heteroatoms. The highest BCUT2D eigenvalue weighted by Gasteiger charge is 2.27. The molecule has 5 nitrogen and oxygen atoms in total. The molecular formula is C24H32N2O3. The van der Waals surface area contributed by atoms with Gasteiger partial charge in [-0.3, -0.25) is 9.59 Å². The molecule has 0 atom stereocenters. The van der Waals surface area contributed by atoms with Crippen LogP contribution in [0.4, 0.5) is 11.4 Å². The lowest BCUT2D eigenvalue weighted by molar-refractivity contribution is -0.124. The molecule has 156 valence electrons. The Balaban J connectivity index is 1.90. The second kappa shape index (κ2) is 9.59. The van der Waals surface area contributed by atoms with Crippen LogP contribution in [0.25, 0.3) is 0 Å². The summed E-state index contributed by atoms with van der Waals surface area (Å²) >= 11 is 0. The lowest BCUT2D eigenvalue weighted by Gasteiger charge is -2.24. The molecule has 2 aromatic rings. The van der Waals surface area contributed by atoms with E-state index in [1.54, 1.807) is 18.0 Å². The zero-order chi connectivity index (χ0) is 21.6. The Morgan fingerprint density at radius 1 is 1.10 bits per heavy atom. The van der Waals surface area contributed by atoms with Crippen molar-refractivity contribution in [3.05, 3.63) is 53.6 Å². The molecule has 29 heavy (non-hydrogen) atoms. The van der Waals surface area contributed by atoms with Gasteiger partial charge in [0.25, 0.3) is 0 Å². The van der Waals surface area contributed by atoms with E-state index in [0.717, 1.165) is 23.4 Å². The van der Waals surface area contributed by atoms with Gasteiger partial charge >= 0.3 is 0 Å². The van der Waals surface area contributed by atoms with Gasteiger partial charge < -0.3 is 15.0 Å². The van der Waals surface area contributed by atoms with Crippen LogP contribution in [-0.4, -0.2) is 25.5 Å². The molecule has 0 heterocycles. The van der Waals surface area contributed by atoms with Crippen LogP contribution in [0, 0.1) is 19.3 Å². The van der Waals surface area contributed by atoms with Gasteiger partial charge in [0, 0.05) is 30.8 Å². The number of nitrogens with one attached hydrogen (secondary N) is 1. The predicted molar refractivity (Wildman–Crippen MR) is 119 cm³/mol. The molecule has 2 rings (SSSR count). The SMILES string of the molecule is CC(=O)N(C)c1cccc(NC(=O)C(C)(C)CCCOc2cc(C)ccc2C)c1. The van der Waals surface area contributed by atoms with Crippen LogP contribution in [-0.2, 0) is 9.59 Å². The maximum atomic E-state index is 12.8. The number of carbonyl (C=O) groups is 2. The molecule has 0 fully saturated rings. The third-order valence-corrected chi connectivity index (χ3v) is 5.13. The average molecular weight is 397 g/mol. The Labute approximate surface area is 174 Å². The van der Waals surface area contributed by atoms with Gasteiger partial charge in [0.2, 0.25) is 11.8 Å². The van der Waals surface area contributed by atoms with Crippen molar-refractivity contribution in [3.63, 3.8) is 0 Å². The Bertz CT molecular complexity index is 874. The monoisotopic (exact) mass is 396 g/mol. The molecule has 0 aliphatic rings. The first-order valence-electron chi connectivity index (χ1n) is 9.96. The molecule has 1 N–H and O–H groups in total. The van der Waals surface area contributed by atoms with E-state index >= 15 is 0 Å². The van der Waals surface area contributed by atoms with Crippen molar-refractivity contribution in [1.29, 1.82) is 0 Å². The van der Waals surface area contributed by atoms with E-state index in [1.165, 1.54) is 12.5 Å². The quantitative estimate of drug-likeness (QED) is 0.631. The van der Waals surface area contributed by atoms with Gasteiger partial charge in [-0.25, -0.2) is 0 Å². The van der Waals surface area contributed by atoms with Crippen LogP contribution < -0.4 is 15.0 Å². The third kappa shape index (κ3) is 6.34. The minimum Gasteiger partial charge on any atom is -0.493 e.